The molecule has 122 valence electrons. The van der Waals surface area contributed by atoms with Gasteiger partial charge in [-0.15, -0.1) is 11.3 Å². The summed E-state index contributed by atoms with van der Waals surface area (Å²) in [4.78, 5) is 40.8. The molecule has 7 nitrogen and oxygen atoms in total. The van der Waals surface area contributed by atoms with E-state index in [-0.39, 0.29) is 22.8 Å². The van der Waals surface area contributed by atoms with Crippen LogP contribution in [0.15, 0.2) is 39.7 Å². The number of esters is 1. The second kappa shape index (κ2) is 6.55. The number of thiazole rings is 1. The summed E-state index contributed by atoms with van der Waals surface area (Å²) in [5.41, 5.74) is 0.538. The van der Waals surface area contributed by atoms with Crippen LogP contribution in [0.3, 0.4) is 0 Å². The van der Waals surface area contributed by atoms with Crippen LogP contribution in [-0.4, -0.2) is 28.8 Å². The van der Waals surface area contributed by atoms with Gasteiger partial charge in [-0.3, -0.25) is 9.59 Å². The summed E-state index contributed by atoms with van der Waals surface area (Å²) in [6.07, 6.45) is 4.29. The third kappa shape index (κ3) is 3.28. The molecule has 3 rings (SSSR count). The van der Waals surface area contributed by atoms with Gasteiger partial charge >= 0.3 is 5.97 Å². The number of methoxy groups -OCH3 is 1. The van der Waals surface area contributed by atoms with E-state index in [1.54, 1.807) is 30.3 Å². The summed E-state index contributed by atoms with van der Waals surface area (Å²) in [6.45, 7) is 0. The molecule has 0 unspecified atom stereocenters. The number of aromatic amines is 2. The molecule has 0 saturated heterocycles. The van der Waals surface area contributed by atoms with Crippen LogP contribution in [0.1, 0.15) is 26.7 Å². The number of furan rings is 1. The van der Waals surface area contributed by atoms with E-state index < -0.39 is 5.97 Å². The van der Waals surface area contributed by atoms with Crippen molar-refractivity contribution in [2.24, 2.45) is 0 Å². The minimum atomic E-state index is -0.493. The Bertz CT molecular complexity index is 1050. The van der Waals surface area contributed by atoms with Gasteiger partial charge in [-0.1, -0.05) is 0 Å². The second-order valence-corrected chi connectivity index (χ2v) is 5.82. The Morgan fingerprint density at radius 1 is 1.25 bits per heavy atom. The van der Waals surface area contributed by atoms with E-state index in [0.717, 1.165) is 11.3 Å². The van der Waals surface area contributed by atoms with E-state index in [0.29, 0.717) is 14.9 Å². The summed E-state index contributed by atoms with van der Waals surface area (Å²) >= 11 is 1.13. The smallest absolute Gasteiger partial charge is 0.354 e. The zero-order valence-corrected chi connectivity index (χ0v) is 13.3. The van der Waals surface area contributed by atoms with Crippen LogP contribution in [-0.2, 0) is 4.74 Å². The van der Waals surface area contributed by atoms with Crippen LogP contribution in [0, 0.1) is 0 Å². The average Bonchev–Trinajstić information content (AvgIpc) is 3.29. The first kappa shape index (κ1) is 15.8. The van der Waals surface area contributed by atoms with Gasteiger partial charge in [0.15, 0.2) is 5.76 Å². The van der Waals surface area contributed by atoms with Crippen molar-refractivity contribution < 1.29 is 18.7 Å². The second-order valence-electron chi connectivity index (χ2n) is 4.73. The van der Waals surface area contributed by atoms with Gasteiger partial charge in [0.25, 0.3) is 5.56 Å². The first-order valence-corrected chi connectivity index (χ1v) is 7.66. The number of nitrogens with one attached hydrogen (secondary N) is 2. The molecule has 0 atom stereocenters. The number of ether oxygens (including phenoxy) is 1. The van der Waals surface area contributed by atoms with E-state index in [1.807, 2.05) is 0 Å². The van der Waals surface area contributed by atoms with E-state index in [9.17, 15) is 14.4 Å². The summed E-state index contributed by atoms with van der Waals surface area (Å²) in [5.74, 6) is -0.633. The minimum absolute atomic E-state index is 0.196. The van der Waals surface area contributed by atoms with Crippen LogP contribution in [0.2, 0.25) is 0 Å². The molecule has 2 N–H and O–H groups in total. The first-order valence-electron chi connectivity index (χ1n) is 6.84. The topological polar surface area (TPSA) is 105 Å². The van der Waals surface area contributed by atoms with Gasteiger partial charge in [-0.25, -0.2) is 4.79 Å². The van der Waals surface area contributed by atoms with Crippen LogP contribution in [0.4, 0.5) is 0 Å². The largest absolute Gasteiger partial charge is 0.464 e. The zero-order valence-electron chi connectivity index (χ0n) is 12.5. The quantitative estimate of drug-likeness (QED) is 0.534. The minimum Gasteiger partial charge on any atom is -0.464 e. The fourth-order valence-corrected chi connectivity index (χ4v) is 2.88. The van der Waals surface area contributed by atoms with Crippen LogP contribution in [0.5, 0.6) is 0 Å². The molecule has 0 fully saturated rings. The predicted molar refractivity (Wildman–Crippen MR) is 87.4 cm³/mol. The lowest BCUT2D eigenvalue weighted by molar-refractivity contribution is 0.0594. The molecule has 8 heteroatoms. The number of aromatic nitrogens is 2. The molecule has 24 heavy (non-hydrogen) atoms. The number of rotatable bonds is 4. The van der Waals surface area contributed by atoms with Crippen LogP contribution in [0.25, 0.3) is 12.2 Å². The number of hydrogen-bond acceptors (Lipinski definition) is 6. The highest BCUT2D eigenvalue weighted by Gasteiger charge is 2.08. The Morgan fingerprint density at radius 3 is 2.79 bits per heavy atom. The number of hydrogen-bond donors (Lipinski definition) is 2. The first-order chi connectivity index (χ1) is 11.6. The van der Waals surface area contributed by atoms with E-state index in [2.05, 4.69) is 14.7 Å². The maximum Gasteiger partial charge on any atom is 0.354 e. The third-order valence-corrected chi connectivity index (χ3v) is 4.07. The Balaban J connectivity index is 1.94. The predicted octanol–water partition coefficient (Wildman–Crippen LogP) is 0.636. The molecule has 0 aliphatic heterocycles. The number of carbonyl (C=O) groups is 2. The number of H-pyrrole nitrogens is 2. The fourth-order valence-electron chi connectivity index (χ4n) is 2.00. The molecule has 0 bridgehead atoms. The molecular weight excluding hydrogens is 332 g/mol. The van der Waals surface area contributed by atoms with E-state index in [1.165, 1.54) is 19.4 Å². The van der Waals surface area contributed by atoms with Gasteiger partial charge < -0.3 is 19.1 Å². The standard InChI is InChI=1S/C16H12N2O5S/c1-22-16(21)10-5-4-9(17-10)7-13-15(20)18-14(24-13)8-11(19)12-3-2-6-23-12/h2-8,17H,1H3,(H,18,20). The fraction of sp³-hybridized carbons (Fsp3) is 0.0625. The molecule has 3 heterocycles. The summed E-state index contributed by atoms with van der Waals surface area (Å²) in [6, 6.07) is 6.38. The average molecular weight is 344 g/mol. The SMILES string of the molecule is COC(=O)c1ccc(C=c2sc(=CC(=O)c3ccco3)[nH]c2=O)[nH]1. The van der Waals surface area contributed by atoms with Gasteiger partial charge in [0.2, 0.25) is 5.78 Å². The number of carbonyl (C=O) groups excluding carboxylic acids is 2. The van der Waals surface area contributed by atoms with Crippen molar-refractivity contribution in [1.82, 2.24) is 9.97 Å². The van der Waals surface area contributed by atoms with Gasteiger partial charge in [0, 0.05) is 11.8 Å². The van der Waals surface area contributed by atoms with Crippen molar-refractivity contribution >= 4 is 35.2 Å². The molecular formula is C16H12N2O5S. The van der Waals surface area contributed by atoms with Gasteiger partial charge in [-0.05, 0) is 30.3 Å². The Morgan fingerprint density at radius 2 is 2.08 bits per heavy atom. The van der Waals surface area contributed by atoms with E-state index >= 15 is 0 Å². The lowest BCUT2D eigenvalue weighted by Gasteiger charge is -1.92. The lowest BCUT2D eigenvalue weighted by Crippen LogP contribution is -2.20. The summed E-state index contributed by atoms with van der Waals surface area (Å²) in [5, 5.41) is 0. The normalized spacial score (nSPS) is 12.5. The van der Waals surface area contributed by atoms with Crippen molar-refractivity contribution in [3.63, 3.8) is 0 Å². The molecule has 0 spiro atoms. The molecule has 0 amide bonds. The van der Waals surface area contributed by atoms with Crippen molar-refractivity contribution in [2.75, 3.05) is 7.11 Å². The Kier molecular flexibility index (Phi) is 4.30. The Labute approximate surface area is 138 Å². The highest BCUT2D eigenvalue weighted by Crippen LogP contribution is 2.04. The highest BCUT2D eigenvalue weighted by atomic mass is 32.1. The summed E-state index contributed by atoms with van der Waals surface area (Å²) in [7, 11) is 1.29. The molecule has 3 aromatic heterocycles. The summed E-state index contributed by atoms with van der Waals surface area (Å²) < 4.78 is 10.4. The molecule has 0 aliphatic carbocycles. The molecule has 0 saturated carbocycles. The number of Topliss-reactive ketones (excluding diaryl/α,β-unsaturated/α-hetero) is 1. The maximum atomic E-state index is 12.0. The van der Waals surface area contributed by atoms with Crippen molar-refractivity contribution in [3.05, 3.63) is 67.2 Å². The zero-order chi connectivity index (χ0) is 17.1. The monoisotopic (exact) mass is 344 g/mol. The molecule has 0 aromatic carbocycles. The van der Waals surface area contributed by atoms with Crippen molar-refractivity contribution in [2.45, 2.75) is 0 Å². The third-order valence-electron chi connectivity index (χ3n) is 3.11. The van der Waals surface area contributed by atoms with E-state index in [4.69, 9.17) is 4.42 Å². The van der Waals surface area contributed by atoms with Gasteiger partial charge in [0.05, 0.1) is 22.6 Å². The number of ketones is 1. The van der Waals surface area contributed by atoms with Gasteiger partial charge in [0.1, 0.15) is 5.69 Å². The molecule has 3 aromatic rings. The van der Waals surface area contributed by atoms with Crippen LogP contribution >= 0.6 is 11.3 Å². The Hall–Kier alpha value is -3.13. The van der Waals surface area contributed by atoms with Crippen molar-refractivity contribution in [1.29, 1.82) is 0 Å². The van der Waals surface area contributed by atoms with Gasteiger partial charge in [-0.2, -0.15) is 0 Å². The maximum absolute atomic E-state index is 12.0. The van der Waals surface area contributed by atoms with Crippen LogP contribution < -0.4 is 14.8 Å². The lowest BCUT2D eigenvalue weighted by atomic mass is 10.3. The van der Waals surface area contributed by atoms with Crippen molar-refractivity contribution in [3.8, 4) is 0 Å². The highest BCUT2D eigenvalue weighted by molar-refractivity contribution is 7.07. The molecule has 0 aliphatic rings. The molecule has 0 radical (unpaired) electrons.